The van der Waals surface area contributed by atoms with Crippen molar-refractivity contribution in [2.75, 3.05) is 0 Å². The standard InChI is InChI=1S/C8H6N4O/c13-8(6-3-11-12-4-6)7-5-9-1-2-10-7/h1-5H,(H,11,12). The van der Waals surface area contributed by atoms with Gasteiger partial charge in [-0.15, -0.1) is 0 Å². The highest BCUT2D eigenvalue weighted by Gasteiger charge is 2.10. The smallest absolute Gasteiger partial charge is 0.216 e. The summed E-state index contributed by atoms with van der Waals surface area (Å²) in [5.41, 5.74) is 0.810. The summed E-state index contributed by atoms with van der Waals surface area (Å²) in [6.07, 6.45) is 7.41. The van der Waals surface area contributed by atoms with E-state index in [1.54, 1.807) is 0 Å². The van der Waals surface area contributed by atoms with E-state index in [1.165, 1.54) is 31.0 Å². The fourth-order valence-corrected chi connectivity index (χ4v) is 0.939. The Labute approximate surface area is 73.9 Å². The number of nitrogens with zero attached hydrogens (tertiary/aromatic N) is 3. The van der Waals surface area contributed by atoms with Crippen LogP contribution in [0.5, 0.6) is 0 Å². The van der Waals surface area contributed by atoms with E-state index in [1.807, 2.05) is 0 Å². The molecule has 0 saturated carbocycles. The van der Waals surface area contributed by atoms with Crippen LogP contribution in [0.15, 0.2) is 31.0 Å². The second-order valence-corrected chi connectivity index (χ2v) is 2.41. The van der Waals surface area contributed by atoms with Crippen molar-refractivity contribution in [2.45, 2.75) is 0 Å². The van der Waals surface area contributed by atoms with Gasteiger partial charge in [-0.05, 0) is 0 Å². The van der Waals surface area contributed by atoms with E-state index in [0.717, 1.165) is 0 Å². The Bertz CT molecular complexity index is 395. The predicted molar refractivity (Wildman–Crippen MR) is 44.1 cm³/mol. The quantitative estimate of drug-likeness (QED) is 0.670. The van der Waals surface area contributed by atoms with Crippen LogP contribution in [0, 0.1) is 0 Å². The molecule has 0 aliphatic carbocycles. The molecular formula is C8H6N4O. The molecule has 5 nitrogen and oxygen atoms in total. The van der Waals surface area contributed by atoms with Crippen LogP contribution in [0.3, 0.4) is 0 Å². The van der Waals surface area contributed by atoms with Gasteiger partial charge in [-0.25, -0.2) is 4.98 Å². The lowest BCUT2D eigenvalue weighted by molar-refractivity contribution is 0.103. The average molecular weight is 174 g/mol. The highest BCUT2D eigenvalue weighted by atomic mass is 16.1. The first-order valence-corrected chi connectivity index (χ1v) is 3.67. The fraction of sp³-hybridized carbons (Fsp3) is 0. The number of aromatic amines is 1. The van der Waals surface area contributed by atoms with Crippen molar-refractivity contribution in [3.05, 3.63) is 42.2 Å². The predicted octanol–water partition coefficient (Wildman–Crippen LogP) is 0.431. The maximum Gasteiger partial charge on any atom is 0.216 e. The number of rotatable bonds is 2. The summed E-state index contributed by atoms with van der Waals surface area (Å²) in [5.74, 6) is -0.179. The van der Waals surface area contributed by atoms with Crippen molar-refractivity contribution in [3.63, 3.8) is 0 Å². The number of nitrogens with one attached hydrogen (secondary N) is 1. The van der Waals surface area contributed by atoms with E-state index in [2.05, 4.69) is 20.2 Å². The highest BCUT2D eigenvalue weighted by Crippen LogP contribution is 2.02. The van der Waals surface area contributed by atoms with Crippen molar-refractivity contribution >= 4 is 5.78 Å². The number of hydrogen-bond acceptors (Lipinski definition) is 4. The van der Waals surface area contributed by atoms with Crippen molar-refractivity contribution < 1.29 is 4.79 Å². The summed E-state index contributed by atoms with van der Waals surface area (Å²) in [6.45, 7) is 0. The zero-order valence-corrected chi connectivity index (χ0v) is 6.64. The number of carbonyl (C=O) groups is 1. The van der Waals surface area contributed by atoms with Crippen molar-refractivity contribution in [1.29, 1.82) is 0 Å². The SMILES string of the molecule is O=C(c1cn[nH]c1)c1cnccn1. The fourth-order valence-electron chi connectivity index (χ4n) is 0.939. The molecule has 0 unspecified atom stereocenters. The van der Waals surface area contributed by atoms with E-state index in [4.69, 9.17) is 0 Å². The minimum Gasteiger partial charge on any atom is -0.287 e. The van der Waals surface area contributed by atoms with Gasteiger partial charge in [-0.2, -0.15) is 5.10 Å². The lowest BCUT2D eigenvalue weighted by Gasteiger charge is -1.93. The molecule has 2 heterocycles. The molecule has 0 spiro atoms. The summed E-state index contributed by atoms with van der Waals surface area (Å²) in [7, 11) is 0. The Morgan fingerprint density at radius 3 is 2.85 bits per heavy atom. The van der Waals surface area contributed by atoms with E-state index in [9.17, 15) is 4.79 Å². The molecule has 0 aliphatic rings. The van der Waals surface area contributed by atoms with Gasteiger partial charge in [0.05, 0.1) is 18.0 Å². The van der Waals surface area contributed by atoms with Crippen LogP contribution in [-0.2, 0) is 0 Å². The Hall–Kier alpha value is -2.04. The van der Waals surface area contributed by atoms with Gasteiger partial charge >= 0.3 is 0 Å². The maximum absolute atomic E-state index is 11.5. The summed E-state index contributed by atoms with van der Waals surface area (Å²) < 4.78 is 0. The molecule has 5 heteroatoms. The molecule has 1 N–H and O–H groups in total. The van der Waals surface area contributed by atoms with E-state index < -0.39 is 0 Å². The first-order chi connectivity index (χ1) is 6.38. The van der Waals surface area contributed by atoms with E-state index >= 15 is 0 Å². The zero-order chi connectivity index (χ0) is 9.10. The molecule has 2 aromatic heterocycles. The topological polar surface area (TPSA) is 71.5 Å². The van der Waals surface area contributed by atoms with Gasteiger partial charge in [-0.1, -0.05) is 0 Å². The molecular weight excluding hydrogens is 168 g/mol. The highest BCUT2D eigenvalue weighted by molar-refractivity contribution is 6.07. The number of H-pyrrole nitrogens is 1. The van der Waals surface area contributed by atoms with Gasteiger partial charge in [0.15, 0.2) is 0 Å². The zero-order valence-electron chi connectivity index (χ0n) is 6.64. The Balaban J connectivity index is 2.34. The van der Waals surface area contributed by atoms with Crippen LogP contribution in [0.4, 0.5) is 0 Å². The lowest BCUT2D eigenvalue weighted by Crippen LogP contribution is -2.02. The summed E-state index contributed by atoms with van der Waals surface area (Å²) in [6, 6.07) is 0. The number of aromatic nitrogens is 4. The number of ketones is 1. The molecule has 0 saturated heterocycles. The molecule has 0 aromatic carbocycles. The average Bonchev–Trinajstić information content (AvgIpc) is 2.71. The van der Waals surface area contributed by atoms with Gasteiger partial charge < -0.3 is 0 Å². The van der Waals surface area contributed by atoms with Crippen LogP contribution in [0.25, 0.3) is 0 Å². The molecule has 2 rings (SSSR count). The second kappa shape index (κ2) is 3.14. The van der Waals surface area contributed by atoms with Crippen molar-refractivity contribution in [3.8, 4) is 0 Å². The Morgan fingerprint density at radius 2 is 2.23 bits per heavy atom. The van der Waals surface area contributed by atoms with Gasteiger partial charge in [0.2, 0.25) is 5.78 Å². The van der Waals surface area contributed by atoms with Crippen LogP contribution < -0.4 is 0 Å². The van der Waals surface area contributed by atoms with E-state index in [0.29, 0.717) is 11.3 Å². The van der Waals surface area contributed by atoms with Crippen LogP contribution in [-0.4, -0.2) is 25.9 Å². The lowest BCUT2D eigenvalue weighted by atomic mass is 10.2. The minimum absolute atomic E-state index is 0.179. The maximum atomic E-state index is 11.5. The first kappa shape index (κ1) is 7.60. The number of carbonyl (C=O) groups excluding carboxylic acids is 1. The van der Waals surface area contributed by atoms with Gasteiger partial charge in [0.25, 0.3) is 0 Å². The minimum atomic E-state index is -0.179. The van der Waals surface area contributed by atoms with Gasteiger partial charge in [-0.3, -0.25) is 14.9 Å². The normalized spacial score (nSPS) is 9.85. The molecule has 64 valence electrons. The largest absolute Gasteiger partial charge is 0.287 e. The van der Waals surface area contributed by atoms with Crippen LogP contribution in [0.2, 0.25) is 0 Å². The van der Waals surface area contributed by atoms with Gasteiger partial charge in [0, 0.05) is 18.6 Å². The monoisotopic (exact) mass is 174 g/mol. The summed E-state index contributed by atoms with van der Waals surface area (Å²) in [4.78, 5) is 19.2. The second-order valence-electron chi connectivity index (χ2n) is 2.41. The van der Waals surface area contributed by atoms with Gasteiger partial charge in [0.1, 0.15) is 5.69 Å². The molecule has 0 bridgehead atoms. The molecule has 0 amide bonds. The first-order valence-electron chi connectivity index (χ1n) is 3.67. The Morgan fingerprint density at radius 1 is 1.31 bits per heavy atom. The van der Waals surface area contributed by atoms with Crippen molar-refractivity contribution in [1.82, 2.24) is 20.2 Å². The third-order valence-corrected chi connectivity index (χ3v) is 1.56. The Kier molecular flexibility index (Phi) is 1.84. The molecule has 0 fully saturated rings. The van der Waals surface area contributed by atoms with Crippen LogP contribution in [0.1, 0.15) is 16.1 Å². The third kappa shape index (κ3) is 1.44. The van der Waals surface area contributed by atoms with Crippen molar-refractivity contribution in [2.24, 2.45) is 0 Å². The molecule has 13 heavy (non-hydrogen) atoms. The molecule has 2 aromatic rings. The van der Waals surface area contributed by atoms with Crippen LogP contribution >= 0.6 is 0 Å². The summed E-state index contributed by atoms with van der Waals surface area (Å²) >= 11 is 0. The van der Waals surface area contributed by atoms with E-state index in [-0.39, 0.29) is 5.78 Å². The molecule has 0 atom stereocenters. The molecule has 0 radical (unpaired) electrons. The third-order valence-electron chi connectivity index (χ3n) is 1.56. The number of hydrogen-bond donors (Lipinski definition) is 1. The summed E-state index contributed by atoms with van der Waals surface area (Å²) in [5, 5.41) is 6.24. The molecule has 0 aliphatic heterocycles.